The van der Waals surface area contributed by atoms with Crippen LogP contribution in [0.1, 0.15) is 236 Å². The highest BCUT2D eigenvalue weighted by molar-refractivity contribution is 7.90. The average molecular weight is 1710 g/mol. The molecule has 6 aliphatic heterocycles. The second kappa shape index (κ2) is 35.8. The van der Waals surface area contributed by atoms with Gasteiger partial charge < -0.3 is 58.9 Å². The van der Waals surface area contributed by atoms with Crippen molar-refractivity contribution in [2.24, 2.45) is 0 Å². The fourth-order valence-corrected chi connectivity index (χ4v) is 18.3. The van der Waals surface area contributed by atoms with Crippen LogP contribution >= 0.6 is 0 Å². The van der Waals surface area contributed by atoms with Crippen molar-refractivity contribution in [1.82, 2.24) is 34.4 Å². The number of benzene rings is 3. The van der Waals surface area contributed by atoms with E-state index in [2.05, 4.69) is 71.3 Å². The van der Waals surface area contributed by atoms with E-state index in [1.54, 1.807) is 38.1 Å². The van der Waals surface area contributed by atoms with Crippen LogP contribution < -0.4 is 43.5 Å². The van der Waals surface area contributed by atoms with E-state index in [1.165, 1.54) is 18.2 Å². The van der Waals surface area contributed by atoms with Crippen LogP contribution in [0.15, 0.2) is 124 Å². The molecule has 0 spiro atoms. The van der Waals surface area contributed by atoms with Gasteiger partial charge in [-0.2, -0.15) is 29.6 Å². The van der Waals surface area contributed by atoms with Gasteiger partial charge in [-0.25, -0.2) is 29.1 Å². The number of sulfonamides is 3. The van der Waals surface area contributed by atoms with Gasteiger partial charge >= 0.3 is 0 Å². The molecule has 0 radical (unpaired) electrons. The summed E-state index contributed by atoms with van der Waals surface area (Å²) < 4.78 is 135. The first kappa shape index (κ1) is 91.8. The number of hydrogen-bond donors (Lipinski definition) is 7. The Bertz CT molecular complexity index is 4750. The number of nitrogens with zero attached hydrogens (tertiary/aromatic N) is 5. The Morgan fingerprint density at radius 1 is 0.420 bits per heavy atom. The number of piperidine rings is 3. The first-order valence-corrected chi connectivity index (χ1v) is 45.7. The maximum Gasteiger partial charge on any atom is 0.281 e. The van der Waals surface area contributed by atoms with Gasteiger partial charge in [-0.3, -0.25) is 14.4 Å². The zero-order valence-electron chi connectivity index (χ0n) is 70.0. The predicted molar refractivity (Wildman–Crippen MR) is 450 cm³/mol. The van der Waals surface area contributed by atoms with Crippen LogP contribution in [0.2, 0.25) is 0 Å². The van der Waals surface area contributed by atoms with Gasteiger partial charge in [0.25, 0.3) is 47.8 Å². The molecule has 15 rings (SSSR count). The molecule has 3 unspecified atom stereocenters. The number of hydrogen-bond acceptors (Lipinski definition) is 24. The zero-order chi connectivity index (χ0) is 85.3. The molecule has 3 amide bonds. The van der Waals surface area contributed by atoms with Gasteiger partial charge in [0, 0.05) is 82.5 Å². The minimum Gasteiger partial charge on any atom is -0.477 e. The van der Waals surface area contributed by atoms with Gasteiger partial charge in [0.2, 0.25) is 5.95 Å². The number of ether oxygens (including phenoxy) is 6. The van der Waals surface area contributed by atoms with Gasteiger partial charge in [-0.05, 0) is 261 Å². The molecule has 27 nitrogen and oxygen atoms in total. The quantitative estimate of drug-likeness (QED) is 0.0349. The van der Waals surface area contributed by atoms with Crippen molar-refractivity contribution in [2.45, 2.75) is 289 Å². The molecule has 652 valence electrons. The fraction of sp³-hybridized carbons (Fsp3) is 0.591. The van der Waals surface area contributed by atoms with Gasteiger partial charge in [-0.1, -0.05) is 62.0 Å². The summed E-state index contributed by atoms with van der Waals surface area (Å²) >= 11 is 0. The highest BCUT2D eigenvalue weighted by atomic mass is 32.2. The smallest absolute Gasteiger partial charge is 0.281 e. The number of carbonyl (C=O) groups excluding carboxylic acids is 3. The molecule has 7 N–H and O–H groups in total. The monoisotopic (exact) mass is 1710 g/mol. The molecule has 9 aliphatic rings. The maximum atomic E-state index is 13.4. The molecule has 3 saturated carbocycles. The molecular weight excluding hydrogens is 1590 g/mol. The van der Waals surface area contributed by atoms with E-state index in [-0.39, 0.29) is 57.6 Å². The first-order chi connectivity index (χ1) is 55.3. The van der Waals surface area contributed by atoms with Crippen LogP contribution in [-0.4, -0.2) is 183 Å². The maximum absolute atomic E-state index is 13.4. The van der Waals surface area contributed by atoms with Crippen molar-refractivity contribution in [3.05, 3.63) is 149 Å². The third-order valence-electron chi connectivity index (χ3n) is 24.0. The average Bonchev–Trinajstić information content (AvgIpc) is 1.62. The summed E-state index contributed by atoms with van der Waals surface area (Å²) in [5.74, 6) is 0.0876. The summed E-state index contributed by atoms with van der Waals surface area (Å²) in [4.78, 5) is 55.5. The van der Waals surface area contributed by atoms with Crippen molar-refractivity contribution >= 4 is 59.4 Å². The molecule has 119 heavy (non-hydrogen) atoms. The topological polar surface area (TPSA) is 363 Å². The lowest BCUT2D eigenvalue weighted by molar-refractivity contribution is -0.128. The lowest BCUT2D eigenvalue weighted by Crippen LogP contribution is -2.44. The fourth-order valence-electron chi connectivity index (χ4n) is 15.2. The van der Waals surface area contributed by atoms with E-state index in [4.69, 9.17) is 28.4 Å². The number of halogens is 1. The van der Waals surface area contributed by atoms with E-state index in [0.29, 0.717) is 139 Å². The molecular formula is C88H122FN9O18S3. The predicted octanol–water partition coefficient (Wildman–Crippen LogP) is 12.0. The lowest BCUT2D eigenvalue weighted by Gasteiger charge is -2.36. The Balaban J connectivity index is 0.000000167. The highest BCUT2D eigenvalue weighted by Gasteiger charge is 2.57. The Kier molecular flexibility index (Phi) is 27.6. The second-order valence-corrected chi connectivity index (χ2v) is 41.2. The Morgan fingerprint density at radius 3 is 0.966 bits per heavy atom. The van der Waals surface area contributed by atoms with Crippen LogP contribution in [0, 0.1) is 26.7 Å². The third kappa shape index (κ3) is 23.8. The first-order valence-electron chi connectivity index (χ1n) is 41.2. The SMILES string of the molecule is C.CC1(O)CCNCC1.Cc1ccc(C2CCC(C)(C)OC2)c(OC2(C(=O)NS(=O)(=O)c3cccc(F)n3)CC2)c1.Cc1ccc(C2CCC(C)(C)OC2)c(OC2(C(=O)NS(=O)(=O)c3cccc(N4CCC(C)(O)CC4)n3)CC2)c1.Cc1ccc(C2CCC(C)(C)OC2)c(OC2(C(=O)NS(=O)(=O)c3cccc(N4CCC(C)(O)CC4)n3)CC2)c1. The van der Waals surface area contributed by atoms with Crippen molar-refractivity contribution in [3.63, 3.8) is 0 Å². The van der Waals surface area contributed by atoms with E-state index >= 15 is 0 Å². The van der Waals surface area contributed by atoms with Crippen LogP contribution in [0.4, 0.5) is 16.0 Å². The molecule has 9 fully saturated rings. The van der Waals surface area contributed by atoms with Crippen molar-refractivity contribution in [1.29, 1.82) is 0 Å². The van der Waals surface area contributed by atoms with Crippen molar-refractivity contribution < 1.29 is 87.8 Å². The van der Waals surface area contributed by atoms with Gasteiger partial charge in [0.05, 0.1) is 53.4 Å². The number of amides is 3. The van der Waals surface area contributed by atoms with Crippen LogP contribution in [0.5, 0.6) is 17.2 Å². The number of anilines is 2. The number of aromatic nitrogens is 3. The minimum absolute atomic E-state index is 0. The Morgan fingerprint density at radius 2 is 0.706 bits per heavy atom. The van der Waals surface area contributed by atoms with Crippen LogP contribution in [0.25, 0.3) is 0 Å². The largest absolute Gasteiger partial charge is 0.477 e. The number of pyridine rings is 3. The number of rotatable bonds is 20. The number of aliphatic hydroxyl groups is 3. The normalized spacial score (nSPS) is 23.1. The number of nitrogens with one attached hydrogen (secondary N) is 4. The minimum atomic E-state index is -4.32. The van der Waals surface area contributed by atoms with E-state index in [9.17, 15) is 59.3 Å². The molecule has 3 aliphatic carbocycles. The van der Waals surface area contributed by atoms with Crippen molar-refractivity contribution in [3.8, 4) is 17.2 Å². The summed E-state index contributed by atoms with van der Waals surface area (Å²) in [6.07, 6.45) is 12.1. The summed E-state index contributed by atoms with van der Waals surface area (Å²) in [6, 6.07) is 30.6. The van der Waals surface area contributed by atoms with E-state index in [0.717, 1.165) is 110 Å². The highest BCUT2D eigenvalue weighted by Crippen LogP contribution is 2.49. The summed E-state index contributed by atoms with van der Waals surface area (Å²) in [6.45, 7) is 29.7. The van der Waals surface area contributed by atoms with Gasteiger partial charge in [0.1, 0.15) is 28.9 Å². The molecule has 31 heteroatoms. The van der Waals surface area contributed by atoms with E-state index < -0.39 is 86.8 Å². The number of carbonyl (C=O) groups is 3. The Hall–Kier alpha value is -7.98. The third-order valence-corrected chi connectivity index (χ3v) is 27.7. The zero-order valence-corrected chi connectivity index (χ0v) is 72.5. The molecule has 6 aromatic rings. The van der Waals surface area contributed by atoms with Gasteiger partial charge in [0.15, 0.2) is 31.9 Å². The number of aryl methyl sites for hydroxylation is 3. The van der Waals surface area contributed by atoms with E-state index in [1.807, 2.05) is 96.8 Å². The van der Waals surface area contributed by atoms with Crippen LogP contribution in [0.3, 0.4) is 0 Å². The second-order valence-electron chi connectivity index (χ2n) is 36.3. The molecule has 3 aromatic heterocycles. The molecule has 3 atom stereocenters. The van der Waals surface area contributed by atoms with Crippen molar-refractivity contribution in [2.75, 3.05) is 68.9 Å². The summed E-state index contributed by atoms with van der Waals surface area (Å²) in [7, 11) is -12.8. The molecule has 3 aromatic carbocycles. The standard InChI is InChI=1S/2C29H39N3O6S.C23H27FN2O5S.C6H13NO.CH4/c2*1-20-8-9-22(21-10-11-27(2,3)37-19-21)23(18-20)38-29(12-13-29)26(33)31-39(35,36)25-7-5-6-24(30-25)32-16-14-28(4,34)15-17-32;1-15-7-8-17(16-9-10-22(2,3)30-14-16)18(13-15)31-23(11-12-23)21(27)26-32(28,29)20-6-4-5-19(24)25-20;1-6(8)2-4-7-5-3-6;/h2*5-9,18,21,34H,10-17,19H2,1-4H3,(H,31,33);4-8,13,16H,9-12,14H2,1-3H3,(H,26,27);7-8H,2-5H2,1H3;1H4. The molecule has 6 saturated heterocycles. The summed E-state index contributed by atoms with van der Waals surface area (Å²) in [5, 5.41) is 32.0. The van der Waals surface area contributed by atoms with Crippen LogP contribution in [-0.2, 0) is 58.7 Å². The molecule has 0 bridgehead atoms. The summed E-state index contributed by atoms with van der Waals surface area (Å²) in [5.41, 5.74) is -0.225. The lowest BCUT2D eigenvalue weighted by atomic mass is 9.86. The van der Waals surface area contributed by atoms with Gasteiger partial charge in [-0.15, -0.1) is 0 Å². The Labute approximate surface area is 701 Å². The molecule has 9 heterocycles.